The van der Waals surface area contributed by atoms with E-state index in [-0.39, 0.29) is 23.6 Å². The van der Waals surface area contributed by atoms with Gasteiger partial charge in [0.2, 0.25) is 5.95 Å². The monoisotopic (exact) mass is 480 g/mol. The number of hydrogen-bond acceptors (Lipinski definition) is 8. The van der Waals surface area contributed by atoms with Crippen LogP contribution in [0.4, 0.5) is 16.2 Å². The predicted octanol–water partition coefficient (Wildman–Crippen LogP) is 2.67. The smallest absolute Gasteiger partial charge is 0.255 e. The number of aromatic nitrogens is 5. The zero-order valence-corrected chi connectivity index (χ0v) is 19.9. The topological polar surface area (TPSA) is 101 Å². The van der Waals surface area contributed by atoms with E-state index in [1.54, 1.807) is 18.3 Å². The number of pyridine rings is 1. The van der Waals surface area contributed by atoms with Crippen LogP contribution in [-0.2, 0) is 4.74 Å². The van der Waals surface area contributed by atoms with E-state index in [9.17, 15) is 9.18 Å². The normalized spacial score (nSPS) is 17.5. The third kappa shape index (κ3) is 5.01. The Morgan fingerprint density at radius 2 is 1.83 bits per heavy atom. The lowest BCUT2D eigenvalue weighted by Gasteiger charge is -2.32. The summed E-state index contributed by atoms with van der Waals surface area (Å²) in [5, 5.41) is 3.02. The van der Waals surface area contributed by atoms with Gasteiger partial charge in [-0.2, -0.15) is 0 Å². The van der Waals surface area contributed by atoms with Crippen LogP contribution in [0.15, 0.2) is 30.7 Å². The van der Waals surface area contributed by atoms with Gasteiger partial charge in [-0.1, -0.05) is 0 Å². The fourth-order valence-corrected chi connectivity index (χ4v) is 4.54. The summed E-state index contributed by atoms with van der Waals surface area (Å²) in [4.78, 5) is 34.1. The highest BCUT2D eigenvalue weighted by atomic mass is 19.1. The molecule has 2 aliphatic rings. The molecule has 3 aromatic rings. The Morgan fingerprint density at radius 3 is 2.54 bits per heavy atom. The highest BCUT2D eigenvalue weighted by molar-refractivity contribution is 5.94. The molecule has 0 radical (unpaired) electrons. The average molecular weight is 481 g/mol. The zero-order chi connectivity index (χ0) is 24.4. The van der Waals surface area contributed by atoms with Crippen LogP contribution < -0.4 is 5.32 Å². The molecule has 5 heterocycles. The lowest BCUT2D eigenvalue weighted by Crippen LogP contribution is -2.47. The maximum Gasteiger partial charge on any atom is 0.255 e. The summed E-state index contributed by atoms with van der Waals surface area (Å²) in [6.07, 6.45) is 6.01. The van der Waals surface area contributed by atoms with Crippen LogP contribution in [0.2, 0.25) is 0 Å². The third-order valence-corrected chi connectivity index (χ3v) is 6.57. The second-order valence-electron chi connectivity index (χ2n) is 8.95. The number of piperazine rings is 1. The number of nitrogens with one attached hydrogen (secondary N) is 1. The van der Waals surface area contributed by atoms with Gasteiger partial charge in [0.15, 0.2) is 5.82 Å². The molecule has 0 atom stereocenters. The number of anilines is 2. The van der Waals surface area contributed by atoms with Crippen LogP contribution >= 0.6 is 0 Å². The summed E-state index contributed by atoms with van der Waals surface area (Å²) in [7, 11) is 2.05. The summed E-state index contributed by atoms with van der Waals surface area (Å²) < 4.78 is 22.3. The molecule has 5 rings (SSSR count). The number of likely N-dealkylation sites (N-methyl/N-ethyl adjacent to an activating group) is 1. The molecule has 1 N–H and O–H groups in total. The molecule has 2 aliphatic heterocycles. The van der Waals surface area contributed by atoms with Crippen LogP contribution in [0.5, 0.6) is 0 Å². The number of aryl methyl sites for hydroxylation is 1. The van der Waals surface area contributed by atoms with Gasteiger partial charge in [0.25, 0.3) is 5.91 Å². The number of hydrogen-bond donors (Lipinski definition) is 1. The Labute approximate surface area is 203 Å². The summed E-state index contributed by atoms with van der Waals surface area (Å²) >= 11 is 0. The van der Waals surface area contributed by atoms with Crippen molar-refractivity contribution in [2.45, 2.75) is 25.8 Å². The van der Waals surface area contributed by atoms with Crippen molar-refractivity contribution >= 4 is 17.7 Å². The second kappa shape index (κ2) is 10.0. The van der Waals surface area contributed by atoms with Crippen LogP contribution in [0.1, 0.15) is 35.1 Å². The van der Waals surface area contributed by atoms with Crippen molar-refractivity contribution in [2.75, 3.05) is 51.8 Å². The number of ether oxygens (including phenoxy) is 1. The molecule has 1 amide bonds. The minimum Gasteiger partial charge on any atom is -0.381 e. The van der Waals surface area contributed by atoms with Gasteiger partial charge in [0, 0.05) is 51.6 Å². The standard InChI is InChI=1S/C24H29FN8O2/c1-16-26-15-20(33(16)18-5-11-35-12-6-18)22-19(25)14-28-24(30-22)29-21-4-3-17(13-27-21)23(34)32-9-7-31(2)8-10-32/h3-4,13-15,18H,5-12H2,1-2H3,(H,27,28,29,30). The molecule has 0 spiro atoms. The lowest BCUT2D eigenvalue weighted by atomic mass is 10.1. The van der Waals surface area contributed by atoms with E-state index in [1.807, 2.05) is 23.4 Å². The molecule has 0 unspecified atom stereocenters. The quantitative estimate of drug-likeness (QED) is 0.595. The number of nitrogens with zero attached hydrogens (tertiary/aromatic N) is 7. The van der Waals surface area contributed by atoms with E-state index in [1.165, 1.54) is 6.20 Å². The molecule has 184 valence electrons. The molecular formula is C24H29FN8O2. The van der Waals surface area contributed by atoms with E-state index >= 15 is 0 Å². The van der Waals surface area contributed by atoms with Crippen LogP contribution in [-0.4, -0.2) is 86.7 Å². The molecule has 11 heteroatoms. The van der Waals surface area contributed by atoms with Gasteiger partial charge in [-0.05, 0) is 38.9 Å². The zero-order valence-electron chi connectivity index (χ0n) is 19.9. The van der Waals surface area contributed by atoms with E-state index in [0.29, 0.717) is 43.4 Å². The van der Waals surface area contributed by atoms with Gasteiger partial charge < -0.3 is 24.4 Å². The SMILES string of the molecule is Cc1ncc(-c2nc(Nc3ccc(C(=O)N4CCN(C)CC4)cn3)ncc2F)n1C1CCOCC1. The van der Waals surface area contributed by atoms with Gasteiger partial charge in [-0.3, -0.25) is 4.79 Å². The minimum absolute atomic E-state index is 0.0331. The van der Waals surface area contributed by atoms with Gasteiger partial charge >= 0.3 is 0 Å². The van der Waals surface area contributed by atoms with Crippen molar-refractivity contribution < 1.29 is 13.9 Å². The van der Waals surface area contributed by atoms with Crippen molar-refractivity contribution in [3.05, 3.63) is 47.9 Å². The van der Waals surface area contributed by atoms with Crippen LogP contribution in [0.25, 0.3) is 11.4 Å². The Balaban J connectivity index is 1.33. The summed E-state index contributed by atoms with van der Waals surface area (Å²) in [5.74, 6) is 0.928. The Bertz CT molecular complexity index is 1180. The predicted molar refractivity (Wildman–Crippen MR) is 128 cm³/mol. The molecule has 0 aromatic carbocycles. The molecule has 0 aliphatic carbocycles. The largest absolute Gasteiger partial charge is 0.381 e. The first-order valence-electron chi connectivity index (χ1n) is 11.8. The number of halogens is 1. The van der Waals surface area contributed by atoms with Gasteiger partial charge in [0.1, 0.15) is 17.3 Å². The van der Waals surface area contributed by atoms with Crippen molar-refractivity contribution in [1.29, 1.82) is 0 Å². The van der Waals surface area contributed by atoms with E-state index in [0.717, 1.165) is 38.0 Å². The highest BCUT2D eigenvalue weighted by Crippen LogP contribution is 2.31. The Kier molecular flexibility index (Phi) is 6.69. The van der Waals surface area contributed by atoms with E-state index < -0.39 is 5.82 Å². The van der Waals surface area contributed by atoms with Crippen LogP contribution in [0, 0.1) is 12.7 Å². The highest BCUT2D eigenvalue weighted by Gasteiger charge is 2.24. The average Bonchev–Trinajstić information content (AvgIpc) is 3.27. The first-order chi connectivity index (χ1) is 17.0. The first-order valence-corrected chi connectivity index (χ1v) is 11.8. The second-order valence-corrected chi connectivity index (χ2v) is 8.95. The Morgan fingerprint density at radius 1 is 1.06 bits per heavy atom. The number of rotatable bonds is 5. The van der Waals surface area contributed by atoms with Gasteiger partial charge in [0.05, 0.1) is 23.7 Å². The van der Waals surface area contributed by atoms with Crippen molar-refractivity contribution in [1.82, 2.24) is 34.3 Å². The van der Waals surface area contributed by atoms with Gasteiger partial charge in [-0.25, -0.2) is 24.3 Å². The molecule has 0 saturated carbocycles. The number of amides is 1. The summed E-state index contributed by atoms with van der Waals surface area (Å²) in [5.41, 5.74) is 1.31. The number of carbonyl (C=O) groups excluding carboxylic acids is 1. The van der Waals surface area contributed by atoms with Crippen LogP contribution in [0.3, 0.4) is 0 Å². The molecule has 10 nitrogen and oxygen atoms in total. The number of carbonyl (C=O) groups is 1. The summed E-state index contributed by atoms with van der Waals surface area (Å²) in [6, 6.07) is 3.61. The van der Waals surface area contributed by atoms with E-state index in [4.69, 9.17) is 4.74 Å². The molecule has 2 fully saturated rings. The maximum absolute atomic E-state index is 14.8. The van der Waals surface area contributed by atoms with E-state index in [2.05, 4.69) is 30.2 Å². The molecular weight excluding hydrogens is 451 g/mol. The minimum atomic E-state index is -0.523. The molecule has 3 aromatic heterocycles. The fraction of sp³-hybridized carbons (Fsp3) is 0.458. The van der Waals surface area contributed by atoms with Gasteiger partial charge in [-0.15, -0.1) is 0 Å². The third-order valence-electron chi connectivity index (χ3n) is 6.57. The lowest BCUT2D eigenvalue weighted by molar-refractivity contribution is 0.0663. The fourth-order valence-electron chi connectivity index (χ4n) is 4.54. The number of imidazole rings is 1. The Hall–Kier alpha value is -3.44. The first kappa shape index (κ1) is 23.3. The molecule has 2 saturated heterocycles. The van der Waals surface area contributed by atoms with Crippen molar-refractivity contribution in [3.8, 4) is 11.4 Å². The maximum atomic E-state index is 14.8. The molecule has 0 bridgehead atoms. The van der Waals surface area contributed by atoms with Crippen molar-refractivity contribution in [3.63, 3.8) is 0 Å². The molecule has 35 heavy (non-hydrogen) atoms. The van der Waals surface area contributed by atoms with Crippen molar-refractivity contribution in [2.24, 2.45) is 0 Å². The summed E-state index contributed by atoms with van der Waals surface area (Å²) in [6.45, 7) is 6.36.